The number of nitrogens with zero attached hydrogens (tertiary/aromatic N) is 2. The quantitative estimate of drug-likeness (QED) is 0.294. The first-order chi connectivity index (χ1) is 16.5. The maximum Gasteiger partial charge on any atom is 0.316 e. The third-order valence-corrected chi connectivity index (χ3v) is 12.0. The van der Waals surface area contributed by atoms with Crippen molar-refractivity contribution in [1.82, 2.24) is 9.97 Å². The molecule has 0 saturated carbocycles. The molecule has 0 bridgehead atoms. The predicted octanol–water partition coefficient (Wildman–Crippen LogP) is 6.40. The Balaban J connectivity index is 1.74. The minimum absolute atomic E-state index is 0.0436. The summed E-state index contributed by atoms with van der Waals surface area (Å²) in [7, 11) is -0.653. The van der Waals surface area contributed by atoms with Gasteiger partial charge in [-0.05, 0) is 53.7 Å². The normalized spacial score (nSPS) is 19.9. The monoisotopic (exact) mass is 492 g/mol. The summed E-state index contributed by atoms with van der Waals surface area (Å²) >= 11 is 0. The minimum atomic E-state index is -2.09. The van der Waals surface area contributed by atoms with E-state index in [0.29, 0.717) is 18.7 Å². The van der Waals surface area contributed by atoms with E-state index in [4.69, 9.17) is 9.16 Å². The second-order valence-corrected chi connectivity index (χ2v) is 15.6. The number of hydrogen-bond donors (Lipinski definition) is 0. The van der Waals surface area contributed by atoms with Crippen molar-refractivity contribution in [1.29, 1.82) is 0 Å². The van der Waals surface area contributed by atoms with Crippen LogP contribution in [-0.2, 0) is 25.8 Å². The molecule has 1 aliphatic rings. The average molecular weight is 493 g/mol. The number of methoxy groups -OCH3 is 1. The fourth-order valence-corrected chi connectivity index (χ4v) is 5.92. The van der Waals surface area contributed by atoms with E-state index in [1.165, 1.54) is 7.11 Å². The van der Waals surface area contributed by atoms with Crippen molar-refractivity contribution in [2.24, 2.45) is 0 Å². The van der Waals surface area contributed by atoms with Gasteiger partial charge >= 0.3 is 5.97 Å². The van der Waals surface area contributed by atoms with Crippen LogP contribution in [0.1, 0.15) is 50.0 Å². The van der Waals surface area contributed by atoms with Crippen LogP contribution in [0.3, 0.4) is 0 Å². The molecule has 4 rings (SSSR count). The zero-order valence-electron chi connectivity index (χ0n) is 21.3. The lowest BCUT2D eigenvalue weighted by atomic mass is 9.76. The van der Waals surface area contributed by atoms with Crippen LogP contribution in [0.25, 0.3) is 11.4 Å². The van der Waals surface area contributed by atoms with Gasteiger partial charge in [-0.2, -0.15) is 0 Å². The molecule has 5 nitrogen and oxygen atoms in total. The molecule has 0 amide bonds. The zero-order valence-corrected chi connectivity index (χ0v) is 22.3. The van der Waals surface area contributed by atoms with E-state index < -0.39 is 19.5 Å². The number of carbonyl (C=O) groups excluding carboxylic acids is 1. The number of aromatic nitrogens is 2. The number of rotatable bonds is 6. The van der Waals surface area contributed by atoms with Gasteiger partial charge in [0.1, 0.15) is 0 Å². The fourth-order valence-electron chi connectivity index (χ4n) is 4.65. The van der Waals surface area contributed by atoms with E-state index >= 15 is 0 Å². The molecule has 1 aromatic heterocycles. The Labute approximate surface area is 207 Å². The smallest absolute Gasteiger partial charge is 0.316 e. The van der Waals surface area contributed by atoms with E-state index in [-0.39, 0.29) is 17.1 Å². The Bertz CT molecular complexity index is 1220. The molecule has 0 spiro atoms. The molecule has 0 aliphatic heterocycles. The molecule has 7 heteroatoms. The first kappa shape index (κ1) is 25.2. The van der Waals surface area contributed by atoms with Crippen LogP contribution in [0, 0.1) is 5.82 Å². The highest BCUT2D eigenvalue weighted by Gasteiger charge is 2.52. The predicted molar refractivity (Wildman–Crippen MR) is 137 cm³/mol. The van der Waals surface area contributed by atoms with Gasteiger partial charge in [-0.25, -0.2) is 14.4 Å². The van der Waals surface area contributed by atoms with Crippen molar-refractivity contribution in [3.63, 3.8) is 0 Å². The zero-order chi connectivity index (χ0) is 25.4. The van der Waals surface area contributed by atoms with Crippen molar-refractivity contribution in [2.45, 2.75) is 63.3 Å². The highest BCUT2D eigenvalue weighted by Crippen LogP contribution is 2.52. The van der Waals surface area contributed by atoms with Crippen molar-refractivity contribution in [3.8, 4) is 11.4 Å². The van der Waals surface area contributed by atoms with Crippen molar-refractivity contribution < 1.29 is 18.3 Å². The van der Waals surface area contributed by atoms with Crippen LogP contribution in [-0.4, -0.2) is 31.4 Å². The number of esters is 1. The van der Waals surface area contributed by atoms with E-state index in [9.17, 15) is 9.18 Å². The number of hydrogen-bond acceptors (Lipinski definition) is 5. The van der Waals surface area contributed by atoms with Gasteiger partial charge in [-0.1, -0.05) is 63.2 Å². The van der Waals surface area contributed by atoms with E-state index in [1.807, 2.05) is 42.5 Å². The Morgan fingerprint density at radius 2 is 1.80 bits per heavy atom. The molecule has 2 atom stereocenters. The average Bonchev–Trinajstić information content (AvgIpc) is 3.12. The van der Waals surface area contributed by atoms with Gasteiger partial charge in [0.05, 0.1) is 31.0 Å². The Hall–Kier alpha value is -2.90. The molecule has 0 saturated heterocycles. The van der Waals surface area contributed by atoms with Gasteiger partial charge in [-0.3, -0.25) is 4.79 Å². The lowest BCUT2D eigenvalue weighted by Crippen LogP contribution is -2.42. The van der Waals surface area contributed by atoms with Crippen LogP contribution >= 0.6 is 0 Å². The number of fused-ring (bicyclic) bond motifs is 1. The number of carbonyl (C=O) groups is 1. The van der Waals surface area contributed by atoms with Crippen molar-refractivity contribution in [2.75, 3.05) is 7.11 Å². The van der Waals surface area contributed by atoms with Crippen LogP contribution in [0.5, 0.6) is 0 Å². The van der Waals surface area contributed by atoms with E-state index in [0.717, 1.165) is 34.6 Å². The number of benzene rings is 2. The van der Waals surface area contributed by atoms with Crippen molar-refractivity contribution in [3.05, 3.63) is 83.4 Å². The van der Waals surface area contributed by atoms with E-state index in [2.05, 4.69) is 49.9 Å². The summed E-state index contributed by atoms with van der Waals surface area (Å²) in [5.41, 5.74) is 2.85. The first-order valence-corrected chi connectivity index (χ1v) is 14.8. The molecular formula is C28H33FN2O3Si. The van der Waals surface area contributed by atoms with Crippen LogP contribution in [0.15, 0.2) is 60.9 Å². The van der Waals surface area contributed by atoms with Gasteiger partial charge in [-0.15, -0.1) is 0 Å². The summed E-state index contributed by atoms with van der Waals surface area (Å²) in [6.45, 7) is 11.1. The van der Waals surface area contributed by atoms with Gasteiger partial charge in [0.25, 0.3) is 0 Å². The second-order valence-electron chi connectivity index (χ2n) is 10.8. The van der Waals surface area contributed by atoms with Crippen LogP contribution in [0.4, 0.5) is 4.39 Å². The lowest BCUT2D eigenvalue weighted by molar-refractivity contribution is -0.148. The molecule has 2 aromatic carbocycles. The number of ether oxygens (including phenoxy) is 1. The summed E-state index contributed by atoms with van der Waals surface area (Å²) in [6, 6.07) is 15.8. The van der Waals surface area contributed by atoms with Gasteiger partial charge in [0.15, 0.2) is 20.0 Å². The van der Waals surface area contributed by atoms with Gasteiger partial charge in [0, 0.05) is 5.56 Å². The summed E-state index contributed by atoms with van der Waals surface area (Å²) in [5.74, 6) is -0.314. The van der Waals surface area contributed by atoms with Crippen LogP contribution < -0.4 is 0 Å². The molecule has 184 valence electrons. The highest BCUT2D eigenvalue weighted by molar-refractivity contribution is 6.74. The van der Waals surface area contributed by atoms with Crippen LogP contribution in [0.2, 0.25) is 18.1 Å². The molecule has 0 N–H and O–H groups in total. The molecule has 35 heavy (non-hydrogen) atoms. The topological polar surface area (TPSA) is 61.3 Å². The molecule has 0 radical (unpaired) electrons. The highest BCUT2D eigenvalue weighted by atomic mass is 28.4. The lowest BCUT2D eigenvalue weighted by Gasteiger charge is -2.39. The molecule has 0 unspecified atom stereocenters. The summed E-state index contributed by atoms with van der Waals surface area (Å²) in [5, 5.41) is 0.0436. The fraction of sp³-hybridized carbons (Fsp3) is 0.393. The van der Waals surface area contributed by atoms with Crippen molar-refractivity contribution >= 4 is 14.3 Å². The summed E-state index contributed by atoms with van der Waals surface area (Å²) < 4.78 is 25.6. The standard InChI is InChI=1S/C28H33FN2O3Si/c1-27(2,3)35(5,6)34-24-16-28(26(32)33-4,23-13-8-7-12-22(23)24)15-19-10-9-11-20(14-19)25-30-17-21(29)18-31-25/h7-14,17-18,24H,15-16H2,1-6H3/t24-,28+/m0/s1. The third-order valence-electron chi connectivity index (χ3n) is 7.49. The summed E-state index contributed by atoms with van der Waals surface area (Å²) in [4.78, 5) is 21.7. The Kier molecular flexibility index (Phi) is 6.68. The Morgan fingerprint density at radius 3 is 2.46 bits per heavy atom. The SMILES string of the molecule is COC(=O)[C@]1(Cc2cccc(-c3ncc(F)cn3)c2)C[C@H](O[Si](C)(C)C(C)(C)C)c2ccccc21. The molecule has 0 fully saturated rings. The largest absolute Gasteiger partial charge is 0.468 e. The molecule has 1 aliphatic carbocycles. The summed E-state index contributed by atoms with van der Waals surface area (Å²) in [6.07, 6.45) is 3.09. The third kappa shape index (κ3) is 4.80. The first-order valence-electron chi connectivity index (χ1n) is 11.9. The van der Waals surface area contributed by atoms with E-state index in [1.54, 1.807) is 0 Å². The molecule has 1 heterocycles. The maximum atomic E-state index is 13.5. The second kappa shape index (κ2) is 9.28. The minimum Gasteiger partial charge on any atom is -0.468 e. The molecular weight excluding hydrogens is 459 g/mol. The molecule has 3 aromatic rings. The van der Waals surface area contributed by atoms with Gasteiger partial charge in [0.2, 0.25) is 0 Å². The number of halogens is 1. The van der Waals surface area contributed by atoms with Gasteiger partial charge < -0.3 is 9.16 Å². The Morgan fingerprint density at radius 1 is 1.11 bits per heavy atom. The maximum absolute atomic E-state index is 13.5.